The number of nitrogens with zero attached hydrogens (tertiary/aromatic N) is 1. The van der Waals surface area contributed by atoms with Crippen LogP contribution in [0.2, 0.25) is 10.0 Å². The molecule has 0 atom stereocenters. The zero-order valence-electron chi connectivity index (χ0n) is 9.65. The fraction of sp³-hybridized carbons (Fsp3) is 0. The molecular formula is C12H10Cl2N4O. The molecule has 0 bridgehead atoms. The Morgan fingerprint density at radius 1 is 1.26 bits per heavy atom. The summed E-state index contributed by atoms with van der Waals surface area (Å²) >= 11 is 11.8. The minimum Gasteiger partial charge on any atom is -0.397 e. The van der Waals surface area contributed by atoms with Crippen molar-refractivity contribution < 1.29 is 4.79 Å². The molecule has 5 N–H and O–H groups in total. The van der Waals surface area contributed by atoms with Crippen LogP contribution in [0.4, 0.5) is 17.2 Å². The number of nitrogen functional groups attached to an aromatic ring is 1. The summed E-state index contributed by atoms with van der Waals surface area (Å²) in [4.78, 5) is 15.2. The van der Waals surface area contributed by atoms with Crippen molar-refractivity contribution in [1.29, 1.82) is 0 Å². The van der Waals surface area contributed by atoms with Gasteiger partial charge < -0.3 is 16.8 Å². The lowest BCUT2D eigenvalue weighted by molar-refractivity contribution is 0.100. The van der Waals surface area contributed by atoms with Gasteiger partial charge in [0.25, 0.3) is 5.91 Å². The van der Waals surface area contributed by atoms with Crippen LogP contribution < -0.4 is 16.8 Å². The Morgan fingerprint density at radius 3 is 2.63 bits per heavy atom. The van der Waals surface area contributed by atoms with Crippen LogP contribution in [0.15, 0.2) is 30.5 Å². The zero-order valence-corrected chi connectivity index (χ0v) is 11.2. The van der Waals surface area contributed by atoms with E-state index in [0.717, 1.165) is 0 Å². The van der Waals surface area contributed by atoms with E-state index >= 15 is 0 Å². The van der Waals surface area contributed by atoms with Crippen LogP contribution in [0.1, 0.15) is 10.4 Å². The predicted octanol–water partition coefficient (Wildman–Crippen LogP) is 2.81. The molecule has 0 saturated heterocycles. The van der Waals surface area contributed by atoms with Crippen LogP contribution in [-0.2, 0) is 0 Å². The number of hydrogen-bond acceptors (Lipinski definition) is 4. The lowest BCUT2D eigenvalue weighted by Crippen LogP contribution is -2.14. The first kappa shape index (κ1) is 13.5. The monoisotopic (exact) mass is 296 g/mol. The van der Waals surface area contributed by atoms with Crippen LogP contribution in [0.25, 0.3) is 0 Å². The number of nitrogens with two attached hydrogens (primary N) is 2. The Kier molecular flexibility index (Phi) is 3.78. The predicted molar refractivity (Wildman–Crippen MR) is 76.9 cm³/mol. The van der Waals surface area contributed by atoms with E-state index in [1.807, 2.05) is 0 Å². The van der Waals surface area contributed by atoms with Gasteiger partial charge in [0.2, 0.25) is 0 Å². The van der Waals surface area contributed by atoms with Gasteiger partial charge in [0.15, 0.2) is 0 Å². The fourth-order valence-corrected chi connectivity index (χ4v) is 1.93. The van der Waals surface area contributed by atoms with Crippen LogP contribution in [0.5, 0.6) is 0 Å². The maximum atomic E-state index is 11.2. The molecular weight excluding hydrogens is 287 g/mol. The minimum atomic E-state index is -0.620. The number of hydrogen-bond donors (Lipinski definition) is 3. The van der Waals surface area contributed by atoms with Crippen LogP contribution in [0, 0.1) is 0 Å². The van der Waals surface area contributed by atoms with Crippen molar-refractivity contribution in [1.82, 2.24) is 4.98 Å². The average Bonchev–Trinajstić information content (AvgIpc) is 2.34. The third-order valence-electron chi connectivity index (χ3n) is 2.39. The third-order valence-corrected chi connectivity index (χ3v) is 2.94. The molecule has 0 unspecified atom stereocenters. The van der Waals surface area contributed by atoms with Crippen molar-refractivity contribution in [2.45, 2.75) is 0 Å². The molecule has 0 aliphatic rings. The topological polar surface area (TPSA) is 94.0 Å². The highest BCUT2D eigenvalue weighted by atomic mass is 35.5. The lowest BCUT2D eigenvalue weighted by Gasteiger charge is -2.09. The van der Waals surface area contributed by atoms with Crippen molar-refractivity contribution in [2.75, 3.05) is 11.1 Å². The molecule has 0 aliphatic heterocycles. The first-order valence-electron chi connectivity index (χ1n) is 5.25. The van der Waals surface area contributed by atoms with Gasteiger partial charge in [-0.15, -0.1) is 0 Å². The molecule has 5 nitrogen and oxygen atoms in total. The van der Waals surface area contributed by atoms with E-state index < -0.39 is 5.91 Å². The van der Waals surface area contributed by atoms with E-state index in [-0.39, 0.29) is 11.3 Å². The maximum Gasteiger partial charge on any atom is 0.250 e. The van der Waals surface area contributed by atoms with Gasteiger partial charge in [0.05, 0.1) is 28.2 Å². The molecule has 0 saturated carbocycles. The highest BCUT2D eigenvalue weighted by Crippen LogP contribution is 2.28. The third kappa shape index (κ3) is 3.07. The second-order valence-electron chi connectivity index (χ2n) is 3.77. The molecule has 0 radical (unpaired) electrons. The molecule has 19 heavy (non-hydrogen) atoms. The number of aromatic nitrogens is 1. The van der Waals surface area contributed by atoms with Crippen LogP contribution in [-0.4, -0.2) is 10.9 Å². The van der Waals surface area contributed by atoms with Crippen LogP contribution >= 0.6 is 23.2 Å². The SMILES string of the molecule is NC(=O)c1cc(Nc2ccc(Cl)cc2Cl)ncc1N. The first-order valence-corrected chi connectivity index (χ1v) is 6.00. The Labute approximate surface area is 119 Å². The molecule has 1 heterocycles. The summed E-state index contributed by atoms with van der Waals surface area (Å²) in [5.41, 5.74) is 11.8. The molecule has 1 amide bonds. The summed E-state index contributed by atoms with van der Waals surface area (Å²) in [6, 6.07) is 6.44. The highest BCUT2D eigenvalue weighted by Gasteiger charge is 2.09. The van der Waals surface area contributed by atoms with Crippen molar-refractivity contribution in [2.24, 2.45) is 5.73 Å². The Morgan fingerprint density at radius 2 is 2.00 bits per heavy atom. The standard InChI is InChI=1S/C12H10Cl2N4O/c13-6-1-2-10(8(14)3-6)18-11-4-7(12(16)19)9(15)5-17-11/h1-5H,15H2,(H2,16,19)(H,17,18). The smallest absolute Gasteiger partial charge is 0.250 e. The Bertz CT molecular complexity index is 646. The van der Waals surface area contributed by atoms with Gasteiger partial charge in [0.1, 0.15) is 5.82 Å². The van der Waals surface area contributed by atoms with E-state index in [9.17, 15) is 4.79 Å². The Hall–Kier alpha value is -1.98. The number of halogens is 2. The number of carbonyl (C=O) groups excluding carboxylic acids is 1. The normalized spacial score (nSPS) is 10.2. The summed E-state index contributed by atoms with van der Waals surface area (Å²) in [5.74, 6) is -0.211. The minimum absolute atomic E-state index is 0.197. The fourth-order valence-electron chi connectivity index (χ4n) is 1.48. The molecule has 2 aromatic rings. The number of benzene rings is 1. The zero-order chi connectivity index (χ0) is 14.0. The highest BCUT2D eigenvalue weighted by molar-refractivity contribution is 6.36. The second-order valence-corrected chi connectivity index (χ2v) is 4.61. The van der Waals surface area contributed by atoms with E-state index in [1.54, 1.807) is 18.2 Å². The molecule has 0 spiro atoms. The van der Waals surface area contributed by atoms with E-state index in [4.69, 9.17) is 34.7 Å². The number of nitrogens with one attached hydrogen (secondary N) is 1. The summed E-state index contributed by atoms with van der Waals surface area (Å²) in [5, 5.41) is 3.92. The van der Waals surface area contributed by atoms with Crippen LogP contribution in [0.3, 0.4) is 0 Å². The number of carbonyl (C=O) groups is 1. The summed E-state index contributed by atoms with van der Waals surface area (Å²) in [7, 11) is 0. The largest absolute Gasteiger partial charge is 0.397 e. The first-order chi connectivity index (χ1) is 8.97. The maximum absolute atomic E-state index is 11.2. The number of amides is 1. The van der Waals surface area contributed by atoms with Gasteiger partial charge in [-0.25, -0.2) is 4.98 Å². The van der Waals surface area contributed by atoms with Gasteiger partial charge in [-0.2, -0.15) is 0 Å². The number of rotatable bonds is 3. The molecule has 98 valence electrons. The van der Waals surface area contributed by atoms with Crippen molar-refractivity contribution in [3.05, 3.63) is 46.1 Å². The quantitative estimate of drug-likeness (QED) is 0.812. The number of pyridine rings is 1. The molecule has 0 fully saturated rings. The molecule has 2 rings (SSSR count). The molecule has 7 heteroatoms. The van der Waals surface area contributed by atoms with Gasteiger partial charge in [0, 0.05) is 5.02 Å². The van der Waals surface area contributed by atoms with Crippen molar-refractivity contribution >= 4 is 46.3 Å². The van der Waals surface area contributed by atoms with E-state index in [1.165, 1.54) is 12.3 Å². The van der Waals surface area contributed by atoms with Crippen molar-refractivity contribution in [3.63, 3.8) is 0 Å². The average molecular weight is 297 g/mol. The summed E-state index contributed by atoms with van der Waals surface area (Å²) < 4.78 is 0. The molecule has 1 aromatic heterocycles. The van der Waals surface area contributed by atoms with Gasteiger partial charge in [-0.1, -0.05) is 23.2 Å². The number of anilines is 3. The van der Waals surface area contributed by atoms with E-state index in [2.05, 4.69) is 10.3 Å². The lowest BCUT2D eigenvalue weighted by atomic mass is 10.2. The molecule has 1 aromatic carbocycles. The second kappa shape index (κ2) is 5.34. The van der Waals surface area contributed by atoms with Gasteiger partial charge in [-0.3, -0.25) is 4.79 Å². The molecule has 0 aliphatic carbocycles. The Balaban J connectivity index is 2.33. The van der Waals surface area contributed by atoms with Crippen molar-refractivity contribution in [3.8, 4) is 0 Å². The summed E-state index contributed by atoms with van der Waals surface area (Å²) in [6.45, 7) is 0. The number of primary amides is 1. The van der Waals surface area contributed by atoms with Gasteiger partial charge >= 0.3 is 0 Å². The van der Waals surface area contributed by atoms with Gasteiger partial charge in [-0.05, 0) is 24.3 Å². The summed E-state index contributed by atoms with van der Waals surface area (Å²) in [6.07, 6.45) is 1.35. The van der Waals surface area contributed by atoms with E-state index in [0.29, 0.717) is 21.6 Å².